The van der Waals surface area contributed by atoms with E-state index >= 15 is 0 Å². The quantitative estimate of drug-likeness (QED) is 0.605. The predicted octanol–water partition coefficient (Wildman–Crippen LogP) is 5.77. The summed E-state index contributed by atoms with van der Waals surface area (Å²) in [7, 11) is 0. The number of hydrogen-bond donors (Lipinski definition) is 1. The molecule has 3 heteroatoms. The fourth-order valence-corrected chi connectivity index (χ4v) is 3.96. The fourth-order valence-electron chi connectivity index (χ4n) is 2.37. The standard InChI is InChI=1S/C15H26BrNS/c1-4-7-8-12(6-3)15(17-11-5-2)13-9-10-14(16)18-13/h9-10,12,15,17H,4-8,11H2,1-3H3. The van der Waals surface area contributed by atoms with Gasteiger partial charge in [-0.25, -0.2) is 0 Å². The molecule has 0 aliphatic carbocycles. The van der Waals surface area contributed by atoms with Crippen molar-refractivity contribution in [3.8, 4) is 0 Å². The van der Waals surface area contributed by atoms with Crippen LogP contribution in [0, 0.1) is 5.92 Å². The predicted molar refractivity (Wildman–Crippen MR) is 86.4 cm³/mol. The summed E-state index contributed by atoms with van der Waals surface area (Å²) >= 11 is 5.46. The van der Waals surface area contributed by atoms with Gasteiger partial charge in [-0.15, -0.1) is 11.3 Å². The lowest BCUT2D eigenvalue weighted by Gasteiger charge is -2.26. The van der Waals surface area contributed by atoms with Crippen molar-refractivity contribution in [1.82, 2.24) is 5.32 Å². The van der Waals surface area contributed by atoms with Crippen LogP contribution in [0.4, 0.5) is 0 Å². The van der Waals surface area contributed by atoms with Gasteiger partial charge in [0, 0.05) is 10.9 Å². The van der Waals surface area contributed by atoms with E-state index in [0.717, 1.165) is 12.5 Å². The van der Waals surface area contributed by atoms with Crippen molar-refractivity contribution < 1.29 is 0 Å². The number of rotatable bonds is 9. The third kappa shape index (κ3) is 5.02. The number of halogens is 1. The highest BCUT2D eigenvalue weighted by Gasteiger charge is 2.22. The van der Waals surface area contributed by atoms with Crippen molar-refractivity contribution in [1.29, 1.82) is 0 Å². The smallest absolute Gasteiger partial charge is 0.0701 e. The third-order valence-corrected chi connectivity index (χ3v) is 5.15. The summed E-state index contributed by atoms with van der Waals surface area (Å²) in [5.74, 6) is 0.766. The highest BCUT2D eigenvalue weighted by Crippen LogP contribution is 2.35. The Labute approximate surface area is 125 Å². The van der Waals surface area contributed by atoms with E-state index in [1.807, 2.05) is 11.3 Å². The van der Waals surface area contributed by atoms with Gasteiger partial charge in [0.1, 0.15) is 0 Å². The van der Waals surface area contributed by atoms with Crippen molar-refractivity contribution >= 4 is 27.3 Å². The van der Waals surface area contributed by atoms with E-state index in [0.29, 0.717) is 6.04 Å². The Bertz CT molecular complexity index is 324. The van der Waals surface area contributed by atoms with Gasteiger partial charge in [0.25, 0.3) is 0 Å². The van der Waals surface area contributed by atoms with Crippen LogP contribution in [0.3, 0.4) is 0 Å². The lowest BCUT2D eigenvalue weighted by molar-refractivity contribution is 0.327. The zero-order chi connectivity index (χ0) is 13.4. The van der Waals surface area contributed by atoms with Crippen LogP contribution in [-0.4, -0.2) is 6.54 Å². The Morgan fingerprint density at radius 1 is 1.22 bits per heavy atom. The molecule has 18 heavy (non-hydrogen) atoms. The molecule has 1 nitrogen and oxygen atoms in total. The molecule has 104 valence electrons. The van der Waals surface area contributed by atoms with Gasteiger partial charge in [-0.2, -0.15) is 0 Å². The van der Waals surface area contributed by atoms with Crippen LogP contribution in [0.25, 0.3) is 0 Å². The summed E-state index contributed by atoms with van der Waals surface area (Å²) in [5.41, 5.74) is 0. The maximum atomic E-state index is 3.75. The zero-order valence-corrected chi connectivity index (χ0v) is 14.2. The molecule has 0 radical (unpaired) electrons. The Morgan fingerprint density at radius 3 is 2.50 bits per heavy atom. The Kier molecular flexibility index (Phi) is 8.20. The molecular formula is C15H26BrNS. The summed E-state index contributed by atoms with van der Waals surface area (Å²) < 4.78 is 1.24. The molecule has 2 atom stereocenters. The van der Waals surface area contributed by atoms with E-state index < -0.39 is 0 Å². The maximum absolute atomic E-state index is 3.75. The minimum Gasteiger partial charge on any atom is -0.309 e. The molecule has 0 spiro atoms. The molecular weight excluding hydrogens is 306 g/mol. The van der Waals surface area contributed by atoms with Gasteiger partial charge in [0.15, 0.2) is 0 Å². The Balaban J connectivity index is 2.74. The average Bonchev–Trinajstić information content (AvgIpc) is 2.80. The van der Waals surface area contributed by atoms with Crippen LogP contribution in [0.15, 0.2) is 15.9 Å². The molecule has 0 amide bonds. The monoisotopic (exact) mass is 331 g/mol. The third-order valence-electron chi connectivity index (χ3n) is 3.44. The van der Waals surface area contributed by atoms with Crippen molar-refractivity contribution in [2.45, 2.75) is 58.9 Å². The van der Waals surface area contributed by atoms with Crippen LogP contribution in [-0.2, 0) is 0 Å². The molecule has 2 unspecified atom stereocenters. The minimum atomic E-state index is 0.540. The first-order valence-electron chi connectivity index (χ1n) is 7.21. The second-order valence-corrected chi connectivity index (χ2v) is 7.38. The second-order valence-electron chi connectivity index (χ2n) is 4.88. The topological polar surface area (TPSA) is 12.0 Å². The fraction of sp³-hybridized carbons (Fsp3) is 0.733. The van der Waals surface area contributed by atoms with Gasteiger partial charge in [-0.1, -0.05) is 40.0 Å². The molecule has 0 saturated heterocycles. The van der Waals surface area contributed by atoms with Gasteiger partial charge in [-0.05, 0) is 53.4 Å². The van der Waals surface area contributed by atoms with E-state index in [2.05, 4.69) is 54.2 Å². The first-order valence-corrected chi connectivity index (χ1v) is 8.82. The largest absolute Gasteiger partial charge is 0.309 e. The minimum absolute atomic E-state index is 0.540. The molecule has 1 aromatic heterocycles. The number of hydrogen-bond acceptors (Lipinski definition) is 2. The summed E-state index contributed by atoms with van der Waals surface area (Å²) in [5, 5.41) is 3.75. The molecule has 1 heterocycles. The SMILES string of the molecule is CCCCC(CC)C(NCCC)c1ccc(Br)s1. The maximum Gasteiger partial charge on any atom is 0.0701 e. The van der Waals surface area contributed by atoms with Crippen LogP contribution < -0.4 is 5.32 Å². The first-order chi connectivity index (χ1) is 8.72. The lowest BCUT2D eigenvalue weighted by atomic mass is 9.90. The van der Waals surface area contributed by atoms with Crippen molar-refractivity contribution in [3.63, 3.8) is 0 Å². The van der Waals surface area contributed by atoms with Gasteiger partial charge < -0.3 is 5.32 Å². The Morgan fingerprint density at radius 2 is 2.00 bits per heavy atom. The molecule has 0 bridgehead atoms. The molecule has 0 fully saturated rings. The van der Waals surface area contributed by atoms with E-state index in [4.69, 9.17) is 0 Å². The molecule has 0 aromatic carbocycles. The van der Waals surface area contributed by atoms with Crippen molar-refractivity contribution in [2.75, 3.05) is 6.54 Å². The molecule has 1 rings (SSSR count). The summed E-state index contributed by atoms with van der Waals surface area (Å²) in [6.07, 6.45) is 6.44. The second kappa shape index (κ2) is 9.11. The normalized spacial score (nSPS) is 14.7. The molecule has 0 saturated carbocycles. The number of nitrogens with one attached hydrogen (secondary N) is 1. The first kappa shape index (κ1) is 16.2. The van der Waals surface area contributed by atoms with Gasteiger partial charge in [0.2, 0.25) is 0 Å². The summed E-state index contributed by atoms with van der Waals surface area (Å²) in [4.78, 5) is 1.48. The van der Waals surface area contributed by atoms with Crippen molar-refractivity contribution in [3.05, 3.63) is 20.8 Å². The molecule has 0 aliphatic rings. The van der Waals surface area contributed by atoms with E-state index in [1.165, 1.54) is 40.8 Å². The number of unbranched alkanes of at least 4 members (excludes halogenated alkanes) is 1. The average molecular weight is 332 g/mol. The summed E-state index contributed by atoms with van der Waals surface area (Å²) in [6.45, 7) is 7.96. The van der Waals surface area contributed by atoms with Gasteiger partial charge in [0.05, 0.1) is 3.79 Å². The highest BCUT2D eigenvalue weighted by atomic mass is 79.9. The molecule has 0 aliphatic heterocycles. The van der Waals surface area contributed by atoms with Crippen LogP contribution >= 0.6 is 27.3 Å². The summed E-state index contributed by atoms with van der Waals surface area (Å²) in [6, 6.07) is 4.99. The highest BCUT2D eigenvalue weighted by molar-refractivity contribution is 9.11. The van der Waals surface area contributed by atoms with Crippen LogP contribution in [0.1, 0.15) is 63.8 Å². The van der Waals surface area contributed by atoms with E-state index in [-0.39, 0.29) is 0 Å². The lowest BCUT2D eigenvalue weighted by Crippen LogP contribution is -2.28. The molecule has 1 aromatic rings. The van der Waals surface area contributed by atoms with Crippen molar-refractivity contribution in [2.24, 2.45) is 5.92 Å². The van der Waals surface area contributed by atoms with E-state index in [9.17, 15) is 0 Å². The van der Waals surface area contributed by atoms with E-state index in [1.54, 1.807) is 0 Å². The number of thiophene rings is 1. The van der Waals surface area contributed by atoms with Gasteiger partial charge >= 0.3 is 0 Å². The Hall–Kier alpha value is 0.140. The molecule has 1 N–H and O–H groups in total. The zero-order valence-electron chi connectivity index (χ0n) is 11.8. The van der Waals surface area contributed by atoms with Crippen LogP contribution in [0.5, 0.6) is 0 Å². The van der Waals surface area contributed by atoms with Gasteiger partial charge in [-0.3, -0.25) is 0 Å². The van der Waals surface area contributed by atoms with Crippen LogP contribution in [0.2, 0.25) is 0 Å².